The van der Waals surface area contributed by atoms with E-state index in [-0.39, 0.29) is 24.3 Å². The Labute approximate surface area is 176 Å². The van der Waals surface area contributed by atoms with Gasteiger partial charge in [-0.2, -0.15) is 0 Å². The first-order valence-electron chi connectivity index (χ1n) is 10.2. The van der Waals surface area contributed by atoms with E-state index in [2.05, 4.69) is 5.32 Å². The quantitative estimate of drug-likeness (QED) is 0.755. The molecule has 3 amide bonds. The molecule has 158 valence electrons. The number of carbonyl (C=O) groups is 3. The van der Waals surface area contributed by atoms with Crippen molar-refractivity contribution < 1.29 is 19.1 Å². The number of carbonyl (C=O) groups excluding carboxylic acids is 3. The van der Waals surface area contributed by atoms with Crippen LogP contribution < -0.4 is 10.1 Å². The normalized spacial score (nSPS) is 13.6. The van der Waals surface area contributed by atoms with E-state index < -0.39 is 0 Å². The molecule has 0 saturated carbocycles. The third-order valence-electron chi connectivity index (χ3n) is 5.01. The average molecular weight is 409 g/mol. The van der Waals surface area contributed by atoms with Gasteiger partial charge in [0.15, 0.2) is 0 Å². The van der Waals surface area contributed by atoms with Gasteiger partial charge < -0.3 is 19.9 Å². The SMILES string of the molecule is CCOc1ccc(CC(=O)N2CCN(C(=O)CNC(=O)c3ccccc3)CC2)cc1. The summed E-state index contributed by atoms with van der Waals surface area (Å²) in [6, 6.07) is 16.3. The molecule has 7 nitrogen and oxygen atoms in total. The fourth-order valence-electron chi connectivity index (χ4n) is 3.32. The van der Waals surface area contributed by atoms with Crippen LogP contribution in [0.2, 0.25) is 0 Å². The summed E-state index contributed by atoms with van der Waals surface area (Å²) in [7, 11) is 0. The number of nitrogens with zero attached hydrogens (tertiary/aromatic N) is 2. The Morgan fingerprint density at radius 2 is 1.47 bits per heavy atom. The molecule has 0 atom stereocenters. The number of hydrogen-bond acceptors (Lipinski definition) is 4. The molecule has 1 aliphatic heterocycles. The van der Waals surface area contributed by atoms with Crippen LogP contribution >= 0.6 is 0 Å². The third kappa shape index (κ3) is 5.83. The van der Waals surface area contributed by atoms with Crippen molar-refractivity contribution in [3.63, 3.8) is 0 Å². The zero-order chi connectivity index (χ0) is 21.3. The fraction of sp³-hybridized carbons (Fsp3) is 0.348. The lowest BCUT2D eigenvalue weighted by Crippen LogP contribution is -2.52. The number of amides is 3. The highest BCUT2D eigenvalue weighted by molar-refractivity contribution is 5.96. The molecule has 1 fully saturated rings. The molecule has 7 heteroatoms. The van der Waals surface area contributed by atoms with Crippen LogP contribution in [0.3, 0.4) is 0 Å². The van der Waals surface area contributed by atoms with E-state index in [0.717, 1.165) is 11.3 Å². The molecule has 1 aliphatic rings. The van der Waals surface area contributed by atoms with E-state index in [4.69, 9.17) is 4.74 Å². The maximum atomic E-state index is 12.6. The van der Waals surface area contributed by atoms with Gasteiger partial charge in [0.1, 0.15) is 5.75 Å². The van der Waals surface area contributed by atoms with Gasteiger partial charge in [0.2, 0.25) is 11.8 Å². The predicted octanol–water partition coefficient (Wildman–Crippen LogP) is 1.73. The van der Waals surface area contributed by atoms with Gasteiger partial charge in [-0.3, -0.25) is 14.4 Å². The maximum absolute atomic E-state index is 12.6. The molecule has 0 aliphatic carbocycles. The number of ether oxygens (including phenoxy) is 1. The number of hydrogen-bond donors (Lipinski definition) is 1. The van der Waals surface area contributed by atoms with E-state index in [0.29, 0.717) is 44.8 Å². The van der Waals surface area contributed by atoms with E-state index in [1.54, 1.807) is 34.1 Å². The Hall–Kier alpha value is -3.35. The van der Waals surface area contributed by atoms with E-state index in [1.165, 1.54) is 0 Å². The standard InChI is InChI=1S/C23H27N3O4/c1-2-30-20-10-8-18(9-11-20)16-21(27)25-12-14-26(15-13-25)22(28)17-24-23(29)19-6-4-3-5-7-19/h3-11H,2,12-17H2,1H3,(H,24,29). The predicted molar refractivity (Wildman–Crippen MR) is 113 cm³/mol. The van der Waals surface area contributed by atoms with Gasteiger partial charge in [0.05, 0.1) is 19.6 Å². The molecule has 30 heavy (non-hydrogen) atoms. The largest absolute Gasteiger partial charge is 0.494 e. The molecular formula is C23H27N3O4. The maximum Gasteiger partial charge on any atom is 0.251 e. The monoisotopic (exact) mass is 409 g/mol. The second kappa shape index (κ2) is 10.4. The Bertz CT molecular complexity index is 860. The highest BCUT2D eigenvalue weighted by atomic mass is 16.5. The minimum absolute atomic E-state index is 0.0450. The third-order valence-corrected chi connectivity index (χ3v) is 5.01. The van der Waals surface area contributed by atoms with Crippen LogP contribution in [-0.4, -0.2) is 66.9 Å². The molecule has 3 rings (SSSR count). The van der Waals surface area contributed by atoms with Crippen molar-refractivity contribution in [2.24, 2.45) is 0 Å². The van der Waals surface area contributed by atoms with Gasteiger partial charge in [-0.1, -0.05) is 30.3 Å². The number of benzene rings is 2. The van der Waals surface area contributed by atoms with Crippen LogP contribution in [-0.2, 0) is 16.0 Å². The Morgan fingerprint density at radius 1 is 0.867 bits per heavy atom. The first-order chi connectivity index (χ1) is 14.6. The summed E-state index contributed by atoms with van der Waals surface area (Å²) >= 11 is 0. The summed E-state index contributed by atoms with van der Waals surface area (Å²) in [5.41, 5.74) is 1.46. The molecule has 0 aromatic heterocycles. The first kappa shape index (κ1) is 21.4. The summed E-state index contributed by atoms with van der Waals surface area (Å²) in [6.07, 6.45) is 0.327. The van der Waals surface area contributed by atoms with Crippen LogP contribution in [0.4, 0.5) is 0 Å². The average Bonchev–Trinajstić information content (AvgIpc) is 2.79. The van der Waals surface area contributed by atoms with Crippen molar-refractivity contribution in [3.8, 4) is 5.75 Å². The molecule has 0 radical (unpaired) electrons. The van der Waals surface area contributed by atoms with Gasteiger partial charge in [0, 0.05) is 31.7 Å². The van der Waals surface area contributed by atoms with Crippen LogP contribution in [0.25, 0.3) is 0 Å². The van der Waals surface area contributed by atoms with Crippen LogP contribution in [0, 0.1) is 0 Å². The minimum Gasteiger partial charge on any atom is -0.494 e. The van der Waals surface area contributed by atoms with E-state index in [9.17, 15) is 14.4 Å². The van der Waals surface area contributed by atoms with Crippen molar-refractivity contribution in [3.05, 3.63) is 65.7 Å². The second-order valence-electron chi connectivity index (χ2n) is 7.06. The van der Waals surface area contributed by atoms with Gasteiger partial charge in [-0.15, -0.1) is 0 Å². The van der Waals surface area contributed by atoms with Gasteiger partial charge in [-0.25, -0.2) is 0 Å². The van der Waals surface area contributed by atoms with Crippen molar-refractivity contribution in [1.82, 2.24) is 15.1 Å². The summed E-state index contributed by atoms with van der Waals surface area (Å²) in [5, 5.41) is 2.66. The molecule has 2 aromatic carbocycles. The molecule has 2 aromatic rings. The Balaban J connectivity index is 1.41. The second-order valence-corrected chi connectivity index (χ2v) is 7.06. The Morgan fingerprint density at radius 3 is 2.07 bits per heavy atom. The molecule has 0 spiro atoms. The molecule has 1 saturated heterocycles. The van der Waals surface area contributed by atoms with Crippen molar-refractivity contribution in [2.75, 3.05) is 39.3 Å². The number of piperazine rings is 1. The van der Waals surface area contributed by atoms with Crippen molar-refractivity contribution in [1.29, 1.82) is 0 Å². The number of nitrogens with one attached hydrogen (secondary N) is 1. The first-order valence-corrected chi connectivity index (χ1v) is 10.2. The summed E-state index contributed by atoms with van der Waals surface area (Å²) in [6.45, 7) is 4.41. The van der Waals surface area contributed by atoms with Crippen LogP contribution in [0.5, 0.6) is 5.75 Å². The molecule has 1 N–H and O–H groups in total. The molecule has 0 bridgehead atoms. The van der Waals surface area contributed by atoms with Gasteiger partial charge in [0.25, 0.3) is 5.91 Å². The van der Waals surface area contributed by atoms with Gasteiger partial charge in [-0.05, 0) is 36.8 Å². The molecule has 1 heterocycles. The highest BCUT2D eigenvalue weighted by Crippen LogP contribution is 2.14. The van der Waals surface area contributed by atoms with Gasteiger partial charge >= 0.3 is 0 Å². The smallest absolute Gasteiger partial charge is 0.251 e. The lowest BCUT2D eigenvalue weighted by molar-refractivity contribution is -0.138. The van der Waals surface area contributed by atoms with Crippen molar-refractivity contribution >= 4 is 17.7 Å². The van der Waals surface area contributed by atoms with E-state index >= 15 is 0 Å². The zero-order valence-electron chi connectivity index (χ0n) is 17.2. The lowest BCUT2D eigenvalue weighted by atomic mass is 10.1. The van der Waals surface area contributed by atoms with Crippen molar-refractivity contribution in [2.45, 2.75) is 13.3 Å². The number of rotatable bonds is 7. The minimum atomic E-state index is -0.270. The summed E-state index contributed by atoms with van der Waals surface area (Å²) in [5.74, 6) is 0.426. The molecule has 0 unspecified atom stereocenters. The Kier molecular flexibility index (Phi) is 7.43. The van der Waals surface area contributed by atoms with Crippen LogP contribution in [0.15, 0.2) is 54.6 Å². The fourth-order valence-corrected chi connectivity index (χ4v) is 3.32. The summed E-state index contributed by atoms with van der Waals surface area (Å²) in [4.78, 5) is 40.5. The summed E-state index contributed by atoms with van der Waals surface area (Å²) < 4.78 is 5.42. The zero-order valence-corrected chi connectivity index (χ0v) is 17.2. The lowest BCUT2D eigenvalue weighted by Gasteiger charge is -2.35. The van der Waals surface area contributed by atoms with Crippen LogP contribution in [0.1, 0.15) is 22.8 Å². The molecular weight excluding hydrogens is 382 g/mol. The van der Waals surface area contributed by atoms with E-state index in [1.807, 2.05) is 37.3 Å². The highest BCUT2D eigenvalue weighted by Gasteiger charge is 2.24. The topological polar surface area (TPSA) is 79.0 Å².